The number of nitrogens with zero attached hydrogens (tertiary/aromatic N) is 1. The fourth-order valence-corrected chi connectivity index (χ4v) is 5.86. The minimum absolute atomic E-state index is 0.0240. The summed E-state index contributed by atoms with van der Waals surface area (Å²) in [4.78, 5) is 24.9. The molecule has 284 valence electrons. The van der Waals surface area contributed by atoms with Crippen molar-refractivity contribution in [2.75, 3.05) is 54.1 Å². The van der Waals surface area contributed by atoms with Crippen molar-refractivity contribution >= 4 is 13.8 Å². The highest BCUT2D eigenvalue weighted by molar-refractivity contribution is 7.45. The van der Waals surface area contributed by atoms with Gasteiger partial charge in [0.25, 0.3) is 7.82 Å². The molecule has 0 spiro atoms. The number of phosphoric acid groups is 1. The molecule has 2 atom stereocenters. The van der Waals surface area contributed by atoms with E-state index in [4.69, 9.17) is 18.5 Å². The number of unbranched alkanes of at least 4 members (excludes halogenated alkanes) is 18. The standard InChI is InChI=1S/C39H76NO7P/c1-6-8-10-12-14-16-18-19-20-21-22-23-25-27-29-31-34-44-36-38(37-46-48(42,43)45-35-33-40(3,4)5)47-39(41)32-30-28-26-24-17-15-13-11-9-7-2/h11,13,19-20,38H,6-10,12,14-18,21-37H2,1-5H3/b13-11-,20-19-. The summed E-state index contributed by atoms with van der Waals surface area (Å²) in [5.41, 5.74) is 0. The van der Waals surface area contributed by atoms with Crippen LogP contribution in [0.5, 0.6) is 0 Å². The van der Waals surface area contributed by atoms with Gasteiger partial charge < -0.3 is 27.9 Å². The van der Waals surface area contributed by atoms with Crippen LogP contribution in [0.3, 0.4) is 0 Å². The van der Waals surface area contributed by atoms with E-state index in [2.05, 4.69) is 38.2 Å². The van der Waals surface area contributed by atoms with Crippen molar-refractivity contribution < 1.29 is 37.3 Å². The molecular formula is C39H76NO7P. The highest BCUT2D eigenvalue weighted by atomic mass is 31.2. The van der Waals surface area contributed by atoms with Gasteiger partial charge in [-0.3, -0.25) is 9.36 Å². The summed E-state index contributed by atoms with van der Waals surface area (Å²) in [5, 5.41) is 0. The zero-order chi connectivity index (χ0) is 35.6. The average molecular weight is 702 g/mol. The molecule has 48 heavy (non-hydrogen) atoms. The molecule has 9 heteroatoms. The van der Waals surface area contributed by atoms with Crippen LogP contribution in [0.25, 0.3) is 0 Å². The van der Waals surface area contributed by atoms with Gasteiger partial charge in [-0.2, -0.15) is 0 Å². The highest BCUT2D eigenvalue weighted by Gasteiger charge is 2.20. The van der Waals surface area contributed by atoms with Crippen molar-refractivity contribution in [3.8, 4) is 0 Å². The Labute approximate surface area is 296 Å². The van der Waals surface area contributed by atoms with Crippen molar-refractivity contribution in [3.05, 3.63) is 24.3 Å². The molecule has 0 saturated carbocycles. The molecule has 0 bridgehead atoms. The molecule has 2 unspecified atom stereocenters. The van der Waals surface area contributed by atoms with Crippen LogP contribution in [0.15, 0.2) is 24.3 Å². The number of esters is 1. The van der Waals surface area contributed by atoms with Crippen LogP contribution in [-0.2, 0) is 27.9 Å². The van der Waals surface area contributed by atoms with Crippen molar-refractivity contribution in [1.82, 2.24) is 0 Å². The van der Waals surface area contributed by atoms with Gasteiger partial charge in [0.15, 0.2) is 0 Å². The number of phosphoric ester groups is 1. The summed E-state index contributed by atoms with van der Waals surface area (Å²) in [6, 6.07) is 0. The van der Waals surface area contributed by atoms with E-state index in [-0.39, 0.29) is 25.8 Å². The van der Waals surface area contributed by atoms with Crippen LogP contribution < -0.4 is 4.89 Å². The van der Waals surface area contributed by atoms with Crippen LogP contribution in [0.1, 0.15) is 162 Å². The first-order valence-electron chi connectivity index (χ1n) is 19.6. The lowest BCUT2D eigenvalue weighted by atomic mass is 10.1. The van der Waals surface area contributed by atoms with Gasteiger partial charge in [-0.1, -0.05) is 122 Å². The van der Waals surface area contributed by atoms with E-state index in [0.717, 1.165) is 51.4 Å². The topological polar surface area (TPSA) is 94.1 Å². The summed E-state index contributed by atoms with van der Waals surface area (Å²) in [6.07, 6.45) is 34.7. The fourth-order valence-electron chi connectivity index (χ4n) is 5.13. The van der Waals surface area contributed by atoms with Crippen molar-refractivity contribution in [2.45, 2.75) is 168 Å². The summed E-state index contributed by atoms with van der Waals surface area (Å²) in [7, 11) is 1.35. The van der Waals surface area contributed by atoms with E-state index in [9.17, 15) is 14.3 Å². The summed E-state index contributed by atoms with van der Waals surface area (Å²) < 4.78 is 34.4. The third kappa shape index (κ3) is 36.3. The first-order valence-corrected chi connectivity index (χ1v) is 21.0. The zero-order valence-electron chi connectivity index (χ0n) is 31.9. The first-order chi connectivity index (χ1) is 23.1. The van der Waals surface area contributed by atoms with Gasteiger partial charge in [0.1, 0.15) is 19.3 Å². The second-order valence-corrected chi connectivity index (χ2v) is 15.7. The van der Waals surface area contributed by atoms with Crippen LogP contribution in [0.2, 0.25) is 0 Å². The Kier molecular flexibility index (Phi) is 32.4. The van der Waals surface area contributed by atoms with E-state index < -0.39 is 13.9 Å². The second kappa shape index (κ2) is 33.1. The quantitative estimate of drug-likeness (QED) is 0.0211. The molecule has 0 aromatic heterocycles. The van der Waals surface area contributed by atoms with E-state index in [1.54, 1.807) is 0 Å². The minimum atomic E-state index is -4.52. The molecule has 0 saturated heterocycles. The monoisotopic (exact) mass is 702 g/mol. The number of allylic oxidation sites excluding steroid dienone is 4. The zero-order valence-corrected chi connectivity index (χ0v) is 32.8. The average Bonchev–Trinajstić information content (AvgIpc) is 3.03. The number of carbonyl (C=O) groups excluding carboxylic acids is 1. The Balaban J connectivity index is 4.26. The number of carbonyl (C=O) groups is 1. The maximum Gasteiger partial charge on any atom is 0.306 e. The molecule has 0 aromatic rings. The summed E-state index contributed by atoms with van der Waals surface area (Å²) in [5.74, 6) is -0.348. The maximum absolute atomic E-state index is 12.6. The number of rotatable bonds is 36. The summed E-state index contributed by atoms with van der Waals surface area (Å²) >= 11 is 0. The van der Waals surface area contributed by atoms with E-state index in [0.29, 0.717) is 24.1 Å². The van der Waals surface area contributed by atoms with Crippen LogP contribution in [0, 0.1) is 0 Å². The lowest BCUT2D eigenvalue weighted by molar-refractivity contribution is -0.870. The predicted molar refractivity (Wildman–Crippen MR) is 199 cm³/mol. The lowest BCUT2D eigenvalue weighted by Crippen LogP contribution is -2.37. The highest BCUT2D eigenvalue weighted by Crippen LogP contribution is 2.38. The van der Waals surface area contributed by atoms with Gasteiger partial charge in [-0.25, -0.2) is 0 Å². The Hall–Kier alpha value is -1.02. The molecule has 0 aliphatic carbocycles. The molecule has 0 aromatic carbocycles. The number of ether oxygens (including phenoxy) is 2. The van der Waals surface area contributed by atoms with Gasteiger partial charge in [-0.15, -0.1) is 0 Å². The minimum Gasteiger partial charge on any atom is -0.756 e. The Bertz CT molecular complexity index is 828. The van der Waals surface area contributed by atoms with Gasteiger partial charge in [0.2, 0.25) is 0 Å². The third-order valence-corrected chi connectivity index (χ3v) is 9.17. The first kappa shape index (κ1) is 47.0. The van der Waals surface area contributed by atoms with Gasteiger partial charge >= 0.3 is 5.97 Å². The third-order valence-electron chi connectivity index (χ3n) is 8.21. The molecule has 0 amide bonds. The van der Waals surface area contributed by atoms with E-state index >= 15 is 0 Å². The molecule has 0 N–H and O–H groups in total. The molecule has 0 fully saturated rings. The molecule has 0 radical (unpaired) electrons. The van der Waals surface area contributed by atoms with Crippen molar-refractivity contribution in [3.63, 3.8) is 0 Å². The van der Waals surface area contributed by atoms with Gasteiger partial charge in [0, 0.05) is 13.0 Å². The molecule has 0 aliphatic rings. The van der Waals surface area contributed by atoms with Gasteiger partial charge in [0.05, 0.1) is 34.4 Å². The Morgan fingerprint density at radius 2 is 1.12 bits per heavy atom. The Morgan fingerprint density at radius 3 is 1.67 bits per heavy atom. The van der Waals surface area contributed by atoms with Crippen molar-refractivity contribution in [1.29, 1.82) is 0 Å². The summed E-state index contributed by atoms with van der Waals surface area (Å²) in [6.45, 7) is 5.32. The van der Waals surface area contributed by atoms with E-state index in [1.165, 1.54) is 89.9 Å². The smallest absolute Gasteiger partial charge is 0.306 e. The second-order valence-electron chi connectivity index (χ2n) is 14.3. The number of quaternary nitrogens is 1. The fraction of sp³-hybridized carbons (Fsp3) is 0.872. The molecule has 0 heterocycles. The Morgan fingerprint density at radius 1 is 0.625 bits per heavy atom. The van der Waals surface area contributed by atoms with Crippen molar-refractivity contribution in [2.24, 2.45) is 0 Å². The van der Waals surface area contributed by atoms with Crippen LogP contribution >= 0.6 is 7.82 Å². The largest absolute Gasteiger partial charge is 0.756 e. The maximum atomic E-state index is 12.6. The normalized spacial score (nSPS) is 14.2. The molecule has 0 rings (SSSR count). The SMILES string of the molecule is CCC/C=C\CCCCCCCC(=O)OC(COCCCCCCCC/C=C\CCCCCCCC)COP(=O)([O-])OCC[N+](C)(C)C. The molecular weight excluding hydrogens is 625 g/mol. The number of hydrogen-bond donors (Lipinski definition) is 0. The predicted octanol–water partition coefficient (Wildman–Crippen LogP) is 10.2. The number of hydrogen-bond acceptors (Lipinski definition) is 7. The molecule has 0 aliphatic heterocycles. The lowest BCUT2D eigenvalue weighted by Gasteiger charge is -2.28. The van der Waals surface area contributed by atoms with Crippen LogP contribution in [-0.4, -0.2) is 70.7 Å². The van der Waals surface area contributed by atoms with Gasteiger partial charge in [-0.05, 0) is 57.8 Å². The van der Waals surface area contributed by atoms with E-state index in [1.807, 2.05) is 21.1 Å². The van der Waals surface area contributed by atoms with Crippen LogP contribution in [0.4, 0.5) is 0 Å². The molecule has 8 nitrogen and oxygen atoms in total. The number of likely N-dealkylation sites (N-methyl/N-ethyl adjacent to an activating group) is 1.